The van der Waals surface area contributed by atoms with Crippen LogP contribution in [0, 0.1) is 5.82 Å². The van der Waals surface area contributed by atoms with E-state index >= 15 is 0 Å². The van der Waals surface area contributed by atoms with Crippen LogP contribution >= 0.6 is 0 Å². The fourth-order valence-electron chi connectivity index (χ4n) is 4.80. The normalized spacial score (nSPS) is 13.1. The van der Waals surface area contributed by atoms with Crippen molar-refractivity contribution in [1.82, 2.24) is 10.2 Å². The van der Waals surface area contributed by atoms with E-state index < -0.39 is 34.3 Å². The van der Waals surface area contributed by atoms with Crippen LogP contribution in [-0.4, -0.2) is 64.6 Å². The summed E-state index contributed by atoms with van der Waals surface area (Å²) in [6, 6.07) is 15.2. The predicted molar refractivity (Wildman–Crippen MR) is 164 cm³/mol. The van der Waals surface area contributed by atoms with Crippen LogP contribution in [-0.2, 0) is 26.2 Å². The zero-order valence-electron chi connectivity index (χ0n) is 25.1. The summed E-state index contributed by atoms with van der Waals surface area (Å²) in [4.78, 5) is 28.7. The SMILES string of the molecule is CCCCNC(=O)[C@H](CC)N(Cc1ccc(OC)cc1)C(=O)CN(c1ccc(F)cc1)S(=O)(=O)c1ccc2c(c1)OCCO2. The molecule has 0 bridgehead atoms. The van der Waals surface area contributed by atoms with Gasteiger partial charge in [0.15, 0.2) is 11.5 Å². The van der Waals surface area contributed by atoms with Crippen molar-refractivity contribution in [2.45, 2.75) is 50.6 Å². The first-order valence-electron chi connectivity index (χ1n) is 14.6. The maximum absolute atomic E-state index is 14.2. The number of fused-ring (bicyclic) bond motifs is 1. The lowest BCUT2D eigenvalue weighted by molar-refractivity contribution is -0.140. The van der Waals surface area contributed by atoms with Crippen molar-refractivity contribution in [3.63, 3.8) is 0 Å². The number of benzene rings is 3. The van der Waals surface area contributed by atoms with Gasteiger partial charge in [0, 0.05) is 19.2 Å². The van der Waals surface area contributed by atoms with Crippen LogP contribution in [0.2, 0.25) is 0 Å². The van der Waals surface area contributed by atoms with Crippen LogP contribution in [0.3, 0.4) is 0 Å². The van der Waals surface area contributed by atoms with E-state index in [1.54, 1.807) is 38.3 Å². The molecule has 1 atom stereocenters. The van der Waals surface area contributed by atoms with Gasteiger partial charge in [-0.2, -0.15) is 0 Å². The molecule has 1 aliphatic heterocycles. The maximum Gasteiger partial charge on any atom is 0.264 e. The Morgan fingerprint density at radius 2 is 1.66 bits per heavy atom. The lowest BCUT2D eigenvalue weighted by Gasteiger charge is -2.33. The van der Waals surface area contributed by atoms with Crippen LogP contribution in [0.15, 0.2) is 71.6 Å². The fraction of sp³-hybridized carbons (Fsp3) is 0.375. The van der Waals surface area contributed by atoms with Crippen molar-refractivity contribution >= 4 is 27.5 Å². The summed E-state index contributed by atoms with van der Waals surface area (Å²) in [5, 5.41) is 2.90. The highest BCUT2D eigenvalue weighted by atomic mass is 32.2. The molecule has 0 radical (unpaired) electrons. The largest absolute Gasteiger partial charge is 0.497 e. The summed E-state index contributed by atoms with van der Waals surface area (Å²) < 4.78 is 59.4. The van der Waals surface area contributed by atoms with Gasteiger partial charge in [-0.3, -0.25) is 13.9 Å². The Labute approximate surface area is 257 Å². The molecule has 10 nitrogen and oxygen atoms in total. The van der Waals surface area contributed by atoms with Crippen LogP contribution < -0.4 is 23.8 Å². The van der Waals surface area contributed by atoms with Gasteiger partial charge in [0.25, 0.3) is 10.0 Å². The molecule has 0 aromatic heterocycles. The van der Waals surface area contributed by atoms with Gasteiger partial charge >= 0.3 is 0 Å². The predicted octanol–water partition coefficient (Wildman–Crippen LogP) is 4.52. The number of anilines is 1. The number of rotatable bonds is 14. The Balaban J connectivity index is 1.72. The topological polar surface area (TPSA) is 114 Å². The number of carbonyl (C=O) groups excluding carboxylic acids is 2. The Morgan fingerprint density at radius 1 is 0.977 bits per heavy atom. The third-order valence-corrected chi connectivity index (χ3v) is 8.99. The third-order valence-electron chi connectivity index (χ3n) is 7.22. The first-order valence-corrected chi connectivity index (χ1v) is 16.0. The minimum atomic E-state index is -4.37. The summed E-state index contributed by atoms with van der Waals surface area (Å²) in [5.74, 6) is -0.199. The van der Waals surface area contributed by atoms with Crippen molar-refractivity contribution in [2.75, 3.05) is 37.7 Å². The number of unbranched alkanes of at least 4 members (excludes halogenated alkanes) is 1. The Hall–Kier alpha value is -4.32. The maximum atomic E-state index is 14.2. The van der Waals surface area contributed by atoms with Crippen molar-refractivity contribution in [3.8, 4) is 17.2 Å². The Bertz CT molecular complexity index is 1530. The van der Waals surface area contributed by atoms with E-state index in [4.69, 9.17) is 14.2 Å². The third kappa shape index (κ3) is 7.79. The summed E-state index contributed by atoms with van der Waals surface area (Å²) in [6.45, 7) is 4.26. The molecule has 3 aromatic carbocycles. The molecule has 0 aliphatic carbocycles. The van der Waals surface area contributed by atoms with Crippen molar-refractivity contribution in [2.24, 2.45) is 0 Å². The number of carbonyl (C=O) groups is 2. The molecule has 12 heteroatoms. The van der Waals surface area contributed by atoms with E-state index in [-0.39, 0.29) is 35.4 Å². The number of methoxy groups -OCH3 is 1. The van der Waals surface area contributed by atoms with Crippen LogP contribution in [0.1, 0.15) is 38.7 Å². The van der Waals surface area contributed by atoms with E-state index in [0.29, 0.717) is 31.1 Å². The van der Waals surface area contributed by atoms with Crippen LogP contribution in [0.4, 0.5) is 10.1 Å². The number of amides is 2. The lowest BCUT2D eigenvalue weighted by Crippen LogP contribution is -2.52. The van der Waals surface area contributed by atoms with Gasteiger partial charge in [0.2, 0.25) is 11.8 Å². The zero-order chi connectivity index (χ0) is 31.7. The monoisotopic (exact) mass is 627 g/mol. The minimum absolute atomic E-state index is 0.0455. The highest BCUT2D eigenvalue weighted by molar-refractivity contribution is 7.92. The second-order valence-corrected chi connectivity index (χ2v) is 12.1. The fourth-order valence-corrected chi connectivity index (χ4v) is 6.23. The molecule has 1 heterocycles. The molecule has 1 aliphatic rings. The van der Waals surface area contributed by atoms with Gasteiger partial charge in [-0.15, -0.1) is 0 Å². The number of halogens is 1. The molecule has 0 unspecified atom stereocenters. The molecule has 3 aromatic rings. The van der Waals surface area contributed by atoms with Crippen molar-refractivity contribution < 1.29 is 36.6 Å². The molecule has 0 saturated carbocycles. The average molecular weight is 628 g/mol. The molecule has 1 N–H and O–H groups in total. The number of hydrogen-bond donors (Lipinski definition) is 1. The lowest BCUT2D eigenvalue weighted by atomic mass is 10.1. The van der Waals surface area contributed by atoms with Crippen molar-refractivity contribution in [3.05, 3.63) is 78.1 Å². The highest BCUT2D eigenvalue weighted by Gasteiger charge is 2.34. The van der Waals surface area contributed by atoms with Crippen LogP contribution in [0.25, 0.3) is 0 Å². The number of ether oxygens (including phenoxy) is 3. The number of hydrogen-bond acceptors (Lipinski definition) is 7. The van der Waals surface area contributed by atoms with Gasteiger partial charge in [-0.1, -0.05) is 32.4 Å². The van der Waals surface area contributed by atoms with E-state index in [9.17, 15) is 22.4 Å². The highest BCUT2D eigenvalue weighted by Crippen LogP contribution is 2.34. The Kier molecular flexibility index (Phi) is 11.0. The molecule has 236 valence electrons. The van der Waals surface area contributed by atoms with Gasteiger partial charge in [-0.25, -0.2) is 12.8 Å². The quantitative estimate of drug-likeness (QED) is 0.262. The zero-order valence-corrected chi connectivity index (χ0v) is 25.9. The van der Waals surface area contributed by atoms with Gasteiger partial charge in [0.05, 0.1) is 17.7 Å². The first-order chi connectivity index (χ1) is 21.2. The molecule has 2 amide bonds. The molecule has 0 spiro atoms. The summed E-state index contributed by atoms with van der Waals surface area (Å²) in [7, 11) is -2.82. The van der Waals surface area contributed by atoms with E-state index in [1.807, 2.05) is 6.92 Å². The molecular formula is C32H38FN3O7S. The molecule has 4 rings (SSSR count). The molecular weight excluding hydrogens is 589 g/mol. The standard InChI is InChI=1S/C32H38FN3O7S/c1-4-6-17-34-32(38)28(5-2)35(21-23-7-13-26(41-3)14-8-23)31(37)22-36(25-11-9-24(33)10-12-25)44(39,40)27-15-16-29-30(20-27)43-19-18-42-29/h7-16,20,28H,4-6,17-19,21-22H2,1-3H3,(H,34,38)/t28-/m0/s1. The molecule has 0 fully saturated rings. The number of nitrogens with zero attached hydrogens (tertiary/aromatic N) is 2. The second kappa shape index (κ2) is 14.9. The average Bonchev–Trinajstić information content (AvgIpc) is 3.04. The van der Waals surface area contributed by atoms with Gasteiger partial charge in [0.1, 0.15) is 37.4 Å². The summed E-state index contributed by atoms with van der Waals surface area (Å²) in [5.41, 5.74) is 0.807. The van der Waals surface area contributed by atoms with E-state index in [2.05, 4.69) is 5.32 Å². The van der Waals surface area contributed by atoms with Gasteiger partial charge < -0.3 is 24.4 Å². The van der Waals surface area contributed by atoms with E-state index in [1.165, 1.54) is 35.2 Å². The molecule has 44 heavy (non-hydrogen) atoms. The van der Waals surface area contributed by atoms with Gasteiger partial charge in [-0.05, 0) is 66.9 Å². The van der Waals surface area contributed by atoms with Crippen molar-refractivity contribution in [1.29, 1.82) is 0 Å². The second-order valence-electron chi connectivity index (χ2n) is 10.2. The number of nitrogens with one attached hydrogen (secondary N) is 1. The minimum Gasteiger partial charge on any atom is -0.497 e. The number of sulfonamides is 1. The smallest absolute Gasteiger partial charge is 0.264 e. The van der Waals surface area contributed by atoms with E-state index in [0.717, 1.165) is 34.8 Å². The van der Waals surface area contributed by atoms with Crippen LogP contribution in [0.5, 0.6) is 17.2 Å². The molecule has 0 saturated heterocycles. The summed E-state index contributed by atoms with van der Waals surface area (Å²) in [6.07, 6.45) is 1.96. The first kappa shape index (κ1) is 32.6. The summed E-state index contributed by atoms with van der Waals surface area (Å²) >= 11 is 0. The Morgan fingerprint density at radius 3 is 2.30 bits per heavy atom.